The Balaban J connectivity index is 2.04. The van der Waals surface area contributed by atoms with Crippen molar-refractivity contribution in [3.8, 4) is 0 Å². The molecule has 64 valence electrons. The molecular formula is C11H15N. The highest BCUT2D eigenvalue weighted by atomic mass is 14.6. The molecule has 1 aromatic heterocycles. The third kappa shape index (κ3) is 1.50. The largest absolute Gasteiger partial charge is 0.265 e. The number of nitrogens with zero attached hydrogens (tertiary/aromatic N) is 1. The molecular weight excluding hydrogens is 146 g/mol. The van der Waals surface area contributed by atoms with Gasteiger partial charge in [-0.15, -0.1) is 0 Å². The van der Waals surface area contributed by atoms with E-state index in [0.717, 1.165) is 0 Å². The van der Waals surface area contributed by atoms with Crippen LogP contribution in [-0.2, 0) is 6.42 Å². The summed E-state index contributed by atoms with van der Waals surface area (Å²) in [7, 11) is 0. The van der Waals surface area contributed by atoms with E-state index in [1.807, 2.05) is 12.4 Å². The first kappa shape index (κ1) is 7.78. The predicted octanol–water partition coefficient (Wildman–Crippen LogP) is 2.81. The molecule has 0 bridgehead atoms. The van der Waals surface area contributed by atoms with E-state index in [1.54, 1.807) is 0 Å². The summed E-state index contributed by atoms with van der Waals surface area (Å²) in [5.74, 6) is 0. The molecule has 0 atom stereocenters. The number of aromatic nitrogens is 1. The van der Waals surface area contributed by atoms with Gasteiger partial charge in [-0.25, -0.2) is 0 Å². The van der Waals surface area contributed by atoms with Crippen LogP contribution in [0.15, 0.2) is 24.5 Å². The van der Waals surface area contributed by atoms with Crippen LogP contribution in [0.5, 0.6) is 0 Å². The Kier molecular flexibility index (Phi) is 1.87. The lowest BCUT2D eigenvalue weighted by molar-refractivity contribution is 0.488. The van der Waals surface area contributed by atoms with Crippen molar-refractivity contribution in [1.82, 2.24) is 4.98 Å². The summed E-state index contributed by atoms with van der Waals surface area (Å²) in [6.07, 6.45) is 9.21. The minimum atomic E-state index is 0.668. The standard InChI is InChI=1S/C11H15N/c1-2-11(5-6-11)9-10-3-7-12-8-4-10/h3-4,7-8H,2,5-6,9H2,1H3. The lowest BCUT2D eigenvalue weighted by Crippen LogP contribution is -2.02. The van der Waals surface area contributed by atoms with Gasteiger partial charge in [0.2, 0.25) is 0 Å². The third-order valence-corrected chi connectivity index (χ3v) is 3.04. The summed E-state index contributed by atoms with van der Waals surface area (Å²) in [5, 5.41) is 0. The Bertz CT molecular complexity index is 249. The molecule has 1 aliphatic carbocycles. The monoisotopic (exact) mass is 161 g/mol. The van der Waals surface area contributed by atoms with Gasteiger partial charge in [0.1, 0.15) is 0 Å². The summed E-state index contributed by atoms with van der Waals surface area (Å²) in [6, 6.07) is 4.27. The lowest BCUT2D eigenvalue weighted by Gasteiger charge is -2.11. The van der Waals surface area contributed by atoms with Crippen LogP contribution in [0.2, 0.25) is 0 Å². The van der Waals surface area contributed by atoms with Crippen LogP contribution in [0, 0.1) is 5.41 Å². The molecule has 0 saturated heterocycles. The van der Waals surface area contributed by atoms with E-state index in [4.69, 9.17) is 0 Å². The predicted molar refractivity (Wildman–Crippen MR) is 49.9 cm³/mol. The van der Waals surface area contributed by atoms with Crippen molar-refractivity contribution in [2.45, 2.75) is 32.6 Å². The number of hydrogen-bond acceptors (Lipinski definition) is 1. The van der Waals surface area contributed by atoms with Crippen LogP contribution in [0.1, 0.15) is 31.7 Å². The van der Waals surface area contributed by atoms with Crippen molar-refractivity contribution in [3.63, 3.8) is 0 Å². The van der Waals surface area contributed by atoms with Gasteiger partial charge in [0.15, 0.2) is 0 Å². The zero-order chi connectivity index (χ0) is 8.44. The molecule has 0 N–H and O–H groups in total. The Hall–Kier alpha value is -0.850. The second kappa shape index (κ2) is 2.89. The molecule has 1 fully saturated rings. The maximum atomic E-state index is 4.02. The van der Waals surface area contributed by atoms with Crippen LogP contribution < -0.4 is 0 Å². The molecule has 0 aromatic carbocycles. The summed E-state index contributed by atoms with van der Waals surface area (Å²) >= 11 is 0. The third-order valence-electron chi connectivity index (χ3n) is 3.04. The quantitative estimate of drug-likeness (QED) is 0.664. The average Bonchev–Trinajstić information content (AvgIpc) is 2.88. The van der Waals surface area contributed by atoms with Crippen molar-refractivity contribution in [2.75, 3.05) is 0 Å². The molecule has 1 heteroatoms. The van der Waals surface area contributed by atoms with Gasteiger partial charge in [0, 0.05) is 12.4 Å². The molecule has 1 aromatic rings. The van der Waals surface area contributed by atoms with Crippen LogP contribution in [-0.4, -0.2) is 4.98 Å². The van der Waals surface area contributed by atoms with E-state index < -0.39 is 0 Å². The molecule has 0 unspecified atom stereocenters. The number of hydrogen-bond donors (Lipinski definition) is 0. The minimum absolute atomic E-state index is 0.668. The first-order valence-corrected chi connectivity index (χ1v) is 4.74. The fraction of sp³-hybridized carbons (Fsp3) is 0.545. The van der Waals surface area contributed by atoms with Gasteiger partial charge in [0.05, 0.1) is 0 Å². The molecule has 1 heterocycles. The average molecular weight is 161 g/mol. The molecule has 0 spiro atoms. The second-order valence-electron chi connectivity index (χ2n) is 3.89. The second-order valence-corrected chi connectivity index (χ2v) is 3.89. The molecule has 0 amide bonds. The zero-order valence-corrected chi connectivity index (χ0v) is 7.59. The van der Waals surface area contributed by atoms with E-state index in [9.17, 15) is 0 Å². The van der Waals surface area contributed by atoms with Gasteiger partial charge in [0.25, 0.3) is 0 Å². The first-order valence-electron chi connectivity index (χ1n) is 4.74. The van der Waals surface area contributed by atoms with E-state index >= 15 is 0 Å². The van der Waals surface area contributed by atoms with Crippen molar-refractivity contribution < 1.29 is 0 Å². The van der Waals surface area contributed by atoms with Gasteiger partial charge in [-0.2, -0.15) is 0 Å². The molecule has 1 aliphatic rings. The van der Waals surface area contributed by atoms with E-state index in [0.29, 0.717) is 5.41 Å². The van der Waals surface area contributed by atoms with Crippen LogP contribution >= 0.6 is 0 Å². The SMILES string of the molecule is CCC1(Cc2ccncc2)CC1. The molecule has 2 rings (SSSR count). The number of rotatable bonds is 3. The Morgan fingerprint density at radius 2 is 2.00 bits per heavy atom. The zero-order valence-electron chi connectivity index (χ0n) is 7.59. The number of pyridine rings is 1. The molecule has 0 radical (unpaired) electrons. The Morgan fingerprint density at radius 1 is 1.33 bits per heavy atom. The highest BCUT2D eigenvalue weighted by molar-refractivity contribution is 5.14. The summed E-state index contributed by atoms with van der Waals surface area (Å²) in [6.45, 7) is 2.30. The maximum Gasteiger partial charge on any atom is 0.0270 e. The normalized spacial score (nSPS) is 19.1. The van der Waals surface area contributed by atoms with Gasteiger partial charge in [-0.05, 0) is 42.4 Å². The summed E-state index contributed by atoms with van der Waals surface area (Å²) in [4.78, 5) is 4.02. The molecule has 1 nitrogen and oxygen atoms in total. The van der Waals surface area contributed by atoms with Crippen molar-refractivity contribution in [3.05, 3.63) is 30.1 Å². The van der Waals surface area contributed by atoms with Gasteiger partial charge < -0.3 is 0 Å². The van der Waals surface area contributed by atoms with Crippen molar-refractivity contribution in [1.29, 1.82) is 0 Å². The Labute approximate surface area is 73.8 Å². The highest BCUT2D eigenvalue weighted by Gasteiger charge is 2.40. The van der Waals surface area contributed by atoms with Gasteiger partial charge in [-0.3, -0.25) is 4.98 Å². The van der Waals surface area contributed by atoms with Crippen LogP contribution in [0.25, 0.3) is 0 Å². The van der Waals surface area contributed by atoms with E-state index in [2.05, 4.69) is 24.0 Å². The van der Waals surface area contributed by atoms with Gasteiger partial charge in [-0.1, -0.05) is 13.3 Å². The van der Waals surface area contributed by atoms with Crippen LogP contribution in [0.3, 0.4) is 0 Å². The molecule has 0 aliphatic heterocycles. The van der Waals surface area contributed by atoms with Crippen molar-refractivity contribution >= 4 is 0 Å². The molecule has 12 heavy (non-hydrogen) atoms. The Morgan fingerprint density at radius 3 is 2.50 bits per heavy atom. The topological polar surface area (TPSA) is 12.9 Å². The fourth-order valence-corrected chi connectivity index (χ4v) is 1.77. The minimum Gasteiger partial charge on any atom is -0.265 e. The first-order chi connectivity index (χ1) is 5.85. The fourth-order valence-electron chi connectivity index (χ4n) is 1.77. The van der Waals surface area contributed by atoms with Crippen molar-refractivity contribution in [2.24, 2.45) is 5.41 Å². The lowest BCUT2D eigenvalue weighted by atomic mass is 9.95. The smallest absolute Gasteiger partial charge is 0.0270 e. The highest BCUT2D eigenvalue weighted by Crippen LogP contribution is 2.50. The molecule has 1 saturated carbocycles. The van der Waals surface area contributed by atoms with E-state index in [-0.39, 0.29) is 0 Å². The van der Waals surface area contributed by atoms with Gasteiger partial charge >= 0.3 is 0 Å². The van der Waals surface area contributed by atoms with E-state index in [1.165, 1.54) is 31.2 Å². The maximum absolute atomic E-state index is 4.02. The summed E-state index contributed by atoms with van der Waals surface area (Å²) < 4.78 is 0. The summed E-state index contributed by atoms with van der Waals surface area (Å²) in [5.41, 5.74) is 2.12. The van der Waals surface area contributed by atoms with Crippen LogP contribution in [0.4, 0.5) is 0 Å².